The summed E-state index contributed by atoms with van der Waals surface area (Å²) >= 11 is 2.32. The molecule has 0 amide bonds. The second-order valence-electron chi connectivity index (χ2n) is 7.17. The van der Waals surface area contributed by atoms with Crippen LogP contribution in [0.5, 0.6) is 0 Å². The van der Waals surface area contributed by atoms with Gasteiger partial charge in [-0.15, -0.1) is 10.2 Å². The molecule has 0 fully saturated rings. The summed E-state index contributed by atoms with van der Waals surface area (Å²) in [5, 5.41) is 12.7. The third-order valence-electron chi connectivity index (χ3n) is 5.15. The molecule has 0 aliphatic carbocycles. The van der Waals surface area contributed by atoms with Gasteiger partial charge in [-0.3, -0.25) is 4.40 Å². The van der Waals surface area contributed by atoms with Gasteiger partial charge in [-0.05, 0) is 63.7 Å². The zero-order valence-electron chi connectivity index (χ0n) is 15.1. The molecular weight excluding hydrogens is 445 g/mol. The minimum absolute atomic E-state index is 0.487. The van der Waals surface area contributed by atoms with Gasteiger partial charge in [0.2, 0.25) is 0 Å². The van der Waals surface area contributed by atoms with E-state index in [0.29, 0.717) is 5.92 Å². The highest BCUT2D eigenvalue weighted by molar-refractivity contribution is 14.1. The van der Waals surface area contributed by atoms with E-state index in [1.54, 1.807) is 0 Å². The smallest absolute Gasteiger partial charge is 0.169 e. The maximum Gasteiger partial charge on any atom is 0.169 e. The standard InChI is InChI=1S/C23H18IN3/c1-14(2)16-9-12-21-20(13-16)18-5-3-4-6-19(18)23-26-25-22(27(21)23)15-7-10-17(24)11-8-15/h3-14H,1-2H3. The van der Waals surface area contributed by atoms with Crippen LogP contribution in [0, 0.1) is 3.57 Å². The van der Waals surface area contributed by atoms with Crippen LogP contribution in [-0.4, -0.2) is 14.6 Å². The van der Waals surface area contributed by atoms with Gasteiger partial charge in [-0.1, -0.05) is 56.3 Å². The molecule has 2 heterocycles. The Morgan fingerprint density at radius 3 is 2.30 bits per heavy atom. The number of benzene rings is 3. The number of fused-ring (bicyclic) bond motifs is 6. The number of pyridine rings is 1. The van der Waals surface area contributed by atoms with Crippen LogP contribution in [0.1, 0.15) is 25.3 Å². The van der Waals surface area contributed by atoms with Crippen molar-refractivity contribution in [3.63, 3.8) is 0 Å². The molecule has 3 aromatic carbocycles. The van der Waals surface area contributed by atoms with Crippen LogP contribution in [0.25, 0.3) is 38.7 Å². The van der Waals surface area contributed by atoms with Crippen LogP contribution < -0.4 is 0 Å². The Hall–Kier alpha value is -2.47. The van der Waals surface area contributed by atoms with Gasteiger partial charge in [0, 0.05) is 19.9 Å². The van der Waals surface area contributed by atoms with Crippen molar-refractivity contribution in [2.45, 2.75) is 19.8 Å². The second-order valence-corrected chi connectivity index (χ2v) is 8.41. The zero-order chi connectivity index (χ0) is 18.5. The maximum absolute atomic E-state index is 4.56. The van der Waals surface area contributed by atoms with E-state index >= 15 is 0 Å². The van der Waals surface area contributed by atoms with E-state index in [1.807, 2.05) is 0 Å². The summed E-state index contributed by atoms with van der Waals surface area (Å²) in [6, 6.07) is 23.7. The number of hydrogen-bond donors (Lipinski definition) is 0. The van der Waals surface area contributed by atoms with Crippen molar-refractivity contribution < 1.29 is 0 Å². The Morgan fingerprint density at radius 2 is 1.56 bits per heavy atom. The fraction of sp³-hybridized carbons (Fsp3) is 0.130. The number of aromatic nitrogens is 3. The lowest BCUT2D eigenvalue weighted by Crippen LogP contribution is -1.96. The first-order valence-electron chi connectivity index (χ1n) is 9.09. The number of halogens is 1. The number of nitrogens with zero attached hydrogens (tertiary/aromatic N) is 3. The largest absolute Gasteiger partial charge is 0.274 e. The first-order valence-corrected chi connectivity index (χ1v) is 10.2. The van der Waals surface area contributed by atoms with Gasteiger partial charge in [0.15, 0.2) is 11.5 Å². The SMILES string of the molecule is CC(C)c1ccc2c(c1)c1ccccc1c1nnc(-c3ccc(I)cc3)n21. The van der Waals surface area contributed by atoms with E-state index < -0.39 is 0 Å². The lowest BCUT2D eigenvalue weighted by molar-refractivity contribution is 0.868. The van der Waals surface area contributed by atoms with Crippen molar-refractivity contribution in [3.8, 4) is 11.4 Å². The lowest BCUT2D eigenvalue weighted by atomic mass is 9.98. The topological polar surface area (TPSA) is 30.2 Å². The molecule has 132 valence electrons. The van der Waals surface area contributed by atoms with Gasteiger partial charge in [0.25, 0.3) is 0 Å². The van der Waals surface area contributed by atoms with E-state index in [9.17, 15) is 0 Å². The Morgan fingerprint density at radius 1 is 0.815 bits per heavy atom. The molecular formula is C23H18IN3. The third kappa shape index (κ3) is 2.62. The highest BCUT2D eigenvalue weighted by Gasteiger charge is 2.16. The van der Waals surface area contributed by atoms with Gasteiger partial charge in [-0.2, -0.15) is 0 Å². The maximum atomic E-state index is 4.56. The summed E-state index contributed by atoms with van der Waals surface area (Å²) < 4.78 is 3.41. The molecule has 0 bridgehead atoms. The van der Waals surface area contributed by atoms with Crippen LogP contribution >= 0.6 is 22.6 Å². The van der Waals surface area contributed by atoms with Crippen molar-refractivity contribution in [3.05, 3.63) is 75.9 Å². The average Bonchev–Trinajstić information content (AvgIpc) is 3.14. The minimum atomic E-state index is 0.487. The summed E-state index contributed by atoms with van der Waals surface area (Å²) in [6.45, 7) is 4.47. The second kappa shape index (κ2) is 6.30. The fourth-order valence-electron chi connectivity index (χ4n) is 3.71. The molecule has 0 saturated carbocycles. The molecule has 4 heteroatoms. The van der Waals surface area contributed by atoms with Crippen LogP contribution in [0.15, 0.2) is 66.7 Å². The molecule has 0 aliphatic heterocycles. The molecule has 2 aromatic heterocycles. The third-order valence-corrected chi connectivity index (χ3v) is 5.87. The van der Waals surface area contributed by atoms with Crippen molar-refractivity contribution in [1.29, 1.82) is 0 Å². The first kappa shape index (κ1) is 16.7. The first-order chi connectivity index (χ1) is 13.1. The normalized spacial score (nSPS) is 11.9. The molecule has 3 nitrogen and oxygen atoms in total. The molecule has 0 unspecified atom stereocenters. The summed E-state index contributed by atoms with van der Waals surface area (Å²) in [4.78, 5) is 0. The summed E-state index contributed by atoms with van der Waals surface area (Å²) in [6.07, 6.45) is 0. The molecule has 0 atom stereocenters. The molecule has 0 saturated heterocycles. The highest BCUT2D eigenvalue weighted by Crippen LogP contribution is 2.33. The molecule has 5 rings (SSSR count). The van der Waals surface area contributed by atoms with Gasteiger partial charge in [0.1, 0.15) is 0 Å². The summed E-state index contributed by atoms with van der Waals surface area (Å²) in [5.74, 6) is 1.37. The van der Waals surface area contributed by atoms with E-state index in [-0.39, 0.29) is 0 Å². The predicted molar refractivity (Wildman–Crippen MR) is 120 cm³/mol. The van der Waals surface area contributed by atoms with E-state index in [1.165, 1.54) is 19.9 Å². The van der Waals surface area contributed by atoms with E-state index in [4.69, 9.17) is 0 Å². The molecule has 0 radical (unpaired) electrons. The highest BCUT2D eigenvalue weighted by atomic mass is 127. The van der Waals surface area contributed by atoms with Gasteiger partial charge >= 0.3 is 0 Å². The molecule has 27 heavy (non-hydrogen) atoms. The Labute approximate surface area is 171 Å². The van der Waals surface area contributed by atoms with Crippen molar-refractivity contribution in [1.82, 2.24) is 14.6 Å². The Kier molecular flexibility index (Phi) is 3.90. The monoisotopic (exact) mass is 463 g/mol. The molecule has 0 spiro atoms. The fourth-order valence-corrected chi connectivity index (χ4v) is 4.07. The van der Waals surface area contributed by atoms with Gasteiger partial charge in [0.05, 0.1) is 5.52 Å². The van der Waals surface area contributed by atoms with Crippen molar-refractivity contribution >= 4 is 49.9 Å². The van der Waals surface area contributed by atoms with E-state index in [2.05, 4.69) is 118 Å². The number of hydrogen-bond acceptors (Lipinski definition) is 2. The van der Waals surface area contributed by atoms with Crippen LogP contribution in [0.2, 0.25) is 0 Å². The van der Waals surface area contributed by atoms with Crippen molar-refractivity contribution in [2.24, 2.45) is 0 Å². The summed E-state index contributed by atoms with van der Waals surface area (Å²) in [7, 11) is 0. The van der Waals surface area contributed by atoms with Crippen LogP contribution in [-0.2, 0) is 0 Å². The van der Waals surface area contributed by atoms with Crippen LogP contribution in [0.4, 0.5) is 0 Å². The average molecular weight is 463 g/mol. The van der Waals surface area contributed by atoms with Crippen LogP contribution in [0.3, 0.4) is 0 Å². The van der Waals surface area contributed by atoms with Gasteiger partial charge in [-0.25, -0.2) is 0 Å². The number of rotatable bonds is 2. The minimum Gasteiger partial charge on any atom is -0.274 e. The quantitative estimate of drug-likeness (QED) is 0.223. The molecule has 0 N–H and O–H groups in total. The molecule has 5 aromatic rings. The lowest BCUT2D eigenvalue weighted by Gasteiger charge is -2.12. The Balaban J connectivity index is 1.96. The van der Waals surface area contributed by atoms with Gasteiger partial charge < -0.3 is 0 Å². The van der Waals surface area contributed by atoms with Crippen molar-refractivity contribution in [2.75, 3.05) is 0 Å². The zero-order valence-corrected chi connectivity index (χ0v) is 17.3. The van der Waals surface area contributed by atoms with E-state index in [0.717, 1.165) is 27.9 Å². The molecule has 0 aliphatic rings. The summed E-state index contributed by atoms with van der Waals surface area (Å²) in [5.41, 5.74) is 4.47. The Bertz CT molecular complexity index is 1300. The predicted octanol–water partition coefficient (Wildman–Crippen LogP) is 6.43.